The van der Waals surface area contributed by atoms with Gasteiger partial charge in [-0.25, -0.2) is 4.79 Å². The molecular weight excluding hydrogens is 358 g/mol. The van der Waals surface area contributed by atoms with E-state index in [0.29, 0.717) is 37.4 Å². The molecule has 2 heterocycles. The lowest BCUT2D eigenvalue weighted by Gasteiger charge is -2.41. The number of likely N-dealkylation sites (tertiary alicyclic amines) is 1. The van der Waals surface area contributed by atoms with E-state index in [4.69, 9.17) is 0 Å². The Morgan fingerprint density at radius 3 is 2.75 bits per heavy atom. The van der Waals surface area contributed by atoms with E-state index in [-0.39, 0.29) is 29.9 Å². The maximum Gasteiger partial charge on any atom is 0.319 e. The van der Waals surface area contributed by atoms with E-state index in [1.165, 1.54) is 0 Å². The molecule has 2 aliphatic heterocycles. The molecule has 0 radical (unpaired) electrons. The summed E-state index contributed by atoms with van der Waals surface area (Å²) in [5, 5.41) is 8.62. The van der Waals surface area contributed by atoms with Crippen LogP contribution in [0.1, 0.15) is 37.0 Å². The Labute approximate surface area is 165 Å². The van der Waals surface area contributed by atoms with Gasteiger partial charge in [0.1, 0.15) is 0 Å². The summed E-state index contributed by atoms with van der Waals surface area (Å²) in [6.45, 7) is 6.76. The second-order valence-corrected chi connectivity index (χ2v) is 7.61. The van der Waals surface area contributed by atoms with E-state index in [1.807, 2.05) is 18.7 Å². The van der Waals surface area contributed by atoms with E-state index in [9.17, 15) is 14.4 Å². The number of para-hydroxylation sites is 1. The minimum atomic E-state index is -0.335. The van der Waals surface area contributed by atoms with Gasteiger partial charge >= 0.3 is 6.03 Å². The molecule has 0 saturated carbocycles. The van der Waals surface area contributed by atoms with Gasteiger partial charge in [0.15, 0.2) is 0 Å². The molecule has 8 nitrogen and oxygen atoms in total. The van der Waals surface area contributed by atoms with Crippen molar-refractivity contribution in [3.8, 4) is 0 Å². The van der Waals surface area contributed by atoms with Gasteiger partial charge in [-0.2, -0.15) is 0 Å². The molecule has 3 rings (SSSR count). The van der Waals surface area contributed by atoms with Gasteiger partial charge in [0.25, 0.3) is 5.91 Å². The quantitative estimate of drug-likeness (QED) is 0.725. The van der Waals surface area contributed by atoms with Crippen LogP contribution in [0.2, 0.25) is 0 Å². The third-order valence-corrected chi connectivity index (χ3v) is 5.08. The van der Waals surface area contributed by atoms with Gasteiger partial charge in [-0.05, 0) is 38.8 Å². The molecule has 0 bridgehead atoms. The number of benzene rings is 1. The van der Waals surface area contributed by atoms with Crippen molar-refractivity contribution in [3.63, 3.8) is 0 Å². The first-order chi connectivity index (χ1) is 13.5. The van der Waals surface area contributed by atoms with E-state index in [1.54, 1.807) is 29.2 Å². The molecule has 152 valence electrons. The SMILES string of the molecule is CC(C)NC(=O)Nc1ccccc1C(=O)N1CCCC(N2CCNCC2=O)C1. The Morgan fingerprint density at radius 2 is 2.00 bits per heavy atom. The van der Waals surface area contributed by atoms with E-state index in [0.717, 1.165) is 19.4 Å². The number of rotatable bonds is 4. The van der Waals surface area contributed by atoms with Gasteiger partial charge in [0, 0.05) is 38.3 Å². The highest BCUT2D eigenvalue weighted by Crippen LogP contribution is 2.22. The van der Waals surface area contributed by atoms with Crippen LogP contribution in [0.25, 0.3) is 0 Å². The van der Waals surface area contributed by atoms with Crippen molar-refractivity contribution < 1.29 is 14.4 Å². The van der Waals surface area contributed by atoms with Gasteiger partial charge in [-0.3, -0.25) is 9.59 Å². The number of piperidine rings is 1. The molecule has 1 unspecified atom stereocenters. The molecule has 0 spiro atoms. The normalized spacial score (nSPS) is 20.2. The monoisotopic (exact) mass is 387 g/mol. The second-order valence-electron chi connectivity index (χ2n) is 7.61. The number of carbonyl (C=O) groups excluding carboxylic acids is 3. The van der Waals surface area contributed by atoms with Gasteiger partial charge in [-0.15, -0.1) is 0 Å². The van der Waals surface area contributed by atoms with Crippen LogP contribution in [0.5, 0.6) is 0 Å². The zero-order chi connectivity index (χ0) is 20.1. The average Bonchev–Trinajstić information content (AvgIpc) is 2.68. The lowest BCUT2D eigenvalue weighted by atomic mass is 10.0. The first kappa shape index (κ1) is 20.1. The number of carbonyl (C=O) groups is 3. The predicted octanol–water partition coefficient (Wildman–Crippen LogP) is 1.25. The van der Waals surface area contributed by atoms with Gasteiger partial charge in [0.05, 0.1) is 17.8 Å². The Kier molecular flexibility index (Phi) is 6.51. The topological polar surface area (TPSA) is 93.8 Å². The van der Waals surface area contributed by atoms with Gasteiger partial charge < -0.3 is 25.8 Å². The number of piperazine rings is 1. The van der Waals surface area contributed by atoms with Crippen LogP contribution in [0.3, 0.4) is 0 Å². The minimum absolute atomic E-state index is 0.00212. The van der Waals surface area contributed by atoms with Crippen molar-refractivity contribution in [2.45, 2.75) is 38.8 Å². The van der Waals surface area contributed by atoms with Crippen LogP contribution in [0, 0.1) is 0 Å². The first-order valence-electron chi connectivity index (χ1n) is 9.91. The number of nitrogens with zero attached hydrogens (tertiary/aromatic N) is 2. The minimum Gasteiger partial charge on any atom is -0.337 e. The lowest BCUT2D eigenvalue weighted by Crippen LogP contribution is -2.57. The molecule has 8 heteroatoms. The van der Waals surface area contributed by atoms with Crippen molar-refractivity contribution in [2.24, 2.45) is 0 Å². The Hall–Kier alpha value is -2.61. The fourth-order valence-electron chi connectivity index (χ4n) is 3.77. The molecule has 3 N–H and O–H groups in total. The molecule has 4 amide bonds. The molecule has 1 atom stereocenters. The van der Waals surface area contributed by atoms with E-state index >= 15 is 0 Å². The summed E-state index contributed by atoms with van der Waals surface area (Å²) >= 11 is 0. The molecule has 1 aromatic rings. The van der Waals surface area contributed by atoms with Crippen LogP contribution < -0.4 is 16.0 Å². The Bertz CT molecular complexity index is 736. The number of nitrogens with one attached hydrogen (secondary N) is 3. The highest BCUT2D eigenvalue weighted by Gasteiger charge is 2.32. The van der Waals surface area contributed by atoms with E-state index in [2.05, 4.69) is 16.0 Å². The summed E-state index contributed by atoms with van der Waals surface area (Å²) in [5.74, 6) is -0.0225. The molecular formula is C20H29N5O3. The molecule has 2 aliphatic rings. The maximum atomic E-state index is 13.2. The summed E-state index contributed by atoms with van der Waals surface area (Å²) in [4.78, 5) is 41.1. The summed E-state index contributed by atoms with van der Waals surface area (Å²) in [6.07, 6.45) is 1.77. The maximum absolute atomic E-state index is 13.2. The fourth-order valence-corrected chi connectivity index (χ4v) is 3.77. The third-order valence-electron chi connectivity index (χ3n) is 5.08. The zero-order valence-electron chi connectivity index (χ0n) is 16.5. The third kappa shape index (κ3) is 4.81. The largest absolute Gasteiger partial charge is 0.337 e. The summed E-state index contributed by atoms with van der Waals surface area (Å²) in [5.41, 5.74) is 0.958. The highest BCUT2D eigenvalue weighted by molar-refractivity contribution is 6.03. The molecule has 0 aromatic heterocycles. The number of anilines is 1. The van der Waals surface area contributed by atoms with Crippen LogP contribution in [-0.2, 0) is 4.79 Å². The van der Waals surface area contributed by atoms with Crippen molar-refractivity contribution >= 4 is 23.5 Å². The van der Waals surface area contributed by atoms with Crippen molar-refractivity contribution in [3.05, 3.63) is 29.8 Å². The van der Waals surface area contributed by atoms with Crippen LogP contribution in [-0.4, -0.2) is 72.5 Å². The number of amides is 4. The Balaban J connectivity index is 1.71. The number of urea groups is 1. The Morgan fingerprint density at radius 1 is 1.21 bits per heavy atom. The van der Waals surface area contributed by atoms with Crippen LogP contribution in [0.15, 0.2) is 24.3 Å². The molecule has 0 aliphatic carbocycles. The second kappa shape index (κ2) is 9.05. The van der Waals surface area contributed by atoms with Crippen molar-refractivity contribution in [1.29, 1.82) is 0 Å². The van der Waals surface area contributed by atoms with Crippen molar-refractivity contribution in [1.82, 2.24) is 20.4 Å². The zero-order valence-corrected chi connectivity index (χ0v) is 16.5. The summed E-state index contributed by atoms with van der Waals surface area (Å²) in [6, 6.07) is 6.76. The smallest absolute Gasteiger partial charge is 0.319 e. The van der Waals surface area contributed by atoms with Crippen molar-refractivity contribution in [2.75, 3.05) is 38.0 Å². The predicted molar refractivity (Wildman–Crippen MR) is 107 cm³/mol. The van der Waals surface area contributed by atoms with Gasteiger partial charge in [-0.1, -0.05) is 12.1 Å². The number of hydrogen-bond acceptors (Lipinski definition) is 4. The lowest BCUT2D eigenvalue weighted by molar-refractivity contribution is -0.135. The standard InChI is InChI=1S/C20H29N5O3/c1-14(2)22-20(28)23-17-8-4-3-7-16(17)19(27)24-10-5-6-15(13-24)25-11-9-21-12-18(25)26/h3-4,7-8,14-15,21H,5-6,9-13H2,1-2H3,(H2,22,23,28). The van der Waals surface area contributed by atoms with Crippen LogP contribution in [0.4, 0.5) is 10.5 Å². The first-order valence-corrected chi connectivity index (χ1v) is 9.91. The average molecular weight is 387 g/mol. The number of hydrogen-bond donors (Lipinski definition) is 3. The molecule has 2 fully saturated rings. The molecule has 2 saturated heterocycles. The van der Waals surface area contributed by atoms with Gasteiger partial charge in [0.2, 0.25) is 5.91 Å². The highest BCUT2D eigenvalue weighted by atomic mass is 16.2. The van der Waals surface area contributed by atoms with E-state index < -0.39 is 0 Å². The molecule has 1 aromatic carbocycles. The summed E-state index contributed by atoms with van der Waals surface area (Å²) < 4.78 is 0. The summed E-state index contributed by atoms with van der Waals surface area (Å²) in [7, 11) is 0. The molecule has 28 heavy (non-hydrogen) atoms. The fraction of sp³-hybridized carbons (Fsp3) is 0.550. The van der Waals surface area contributed by atoms with Crippen LogP contribution >= 0.6 is 0 Å².